The molecule has 0 aromatic carbocycles. The zero-order valence-corrected chi connectivity index (χ0v) is 21.9. The summed E-state index contributed by atoms with van der Waals surface area (Å²) in [7, 11) is 0. The van der Waals surface area contributed by atoms with E-state index in [1.165, 1.54) is 27.6 Å². The molecule has 4 heterocycles. The number of hydrogen-bond acceptors (Lipinski definition) is 6. The molecule has 0 amide bonds. The van der Waals surface area contributed by atoms with E-state index in [1.807, 2.05) is 0 Å². The first-order chi connectivity index (χ1) is 17.9. The van der Waals surface area contributed by atoms with Crippen LogP contribution in [0.25, 0.3) is 11.5 Å². The van der Waals surface area contributed by atoms with Crippen molar-refractivity contribution >= 4 is 11.6 Å². The minimum atomic E-state index is -1.32. The van der Waals surface area contributed by atoms with Crippen LogP contribution in [0, 0.1) is 25.5 Å². The lowest BCUT2D eigenvalue weighted by atomic mass is 9.95. The van der Waals surface area contributed by atoms with E-state index in [9.17, 15) is 23.5 Å². The van der Waals surface area contributed by atoms with Crippen LogP contribution >= 0.6 is 11.6 Å². The molecule has 0 radical (unpaired) electrons. The van der Waals surface area contributed by atoms with Crippen LogP contribution in [0.4, 0.5) is 8.78 Å². The highest BCUT2D eigenvalue weighted by atomic mass is 35.5. The number of nitrogens with zero attached hydrogens (tertiary/aromatic N) is 4. The predicted octanol–water partition coefficient (Wildman–Crippen LogP) is 4.52. The van der Waals surface area contributed by atoms with Gasteiger partial charge in [-0.1, -0.05) is 18.5 Å². The van der Waals surface area contributed by atoms with E-state index in [4.69, 9.17) is 16.3 Å². The molecule has 0 bridgehead atoms. The maximum Gasteiger partial charge on any atom is 0.277 e. The summed E-state index contributed by atoms with van der Waals surface area (Å²) in [5.74, 6) is -1.45. The molecular formula is C27H25ClF2N4O4. The van der Waals surface area contributed by atoms with Gasteiger partial charge in [0, 0.05) is 41.9 Å². The van der Waals surface area contributed by atoms with Crippen molar-refractivity contribution in [1.29, 1.82) is 0 Å². The molecule has 0 aliphatic rings. The van der Waals surface area contributed by atoms with Gasteiger partial charge in [0.1, 0.15) is 34.7 Å². The van der Waals surface area contributed by atoms with E-state index in [1.54, 1.807) is 45.9 Å². The Bertz CT molecular complexity index is 1650. The summed E-state index contributed by atoms with van der Waals surface area (Å²) in [6.45, 7) is 6.38. The van der Waals surface area contributed by atoms with Crippen molar-refractivity contribution in [2.45, 2.75) is 46.3 Å². The highest BCUT2D eigenvalue weighted by Crippen LogP contribution is 2.26. The van der Waals surface area contributed by atoms with Crippen LogP contribution < -0.4 is 15.9 Å². The molecule has 4 aromatic rings. The molecule has 0 aliphatic heterocycles. The van der Waals surface area contributed by atoms with Crippen molar-refractivity contribution in [1.82, 2.24) is 19.1 Å². The molecule has 0 saturated carbocycles. The van der Waals surface area contributed by atoms with Crippen LogP contribution in [0.1, 0.15) is 42.8 Å². The fraction of sp³-hybridized carbons (Fsp3) is 0.259. The third-order valence-corrected chi connectivity index (χ3v) is 6.66. The summed E-state index contributed by atoms with van der Waals surface area (Å²) >= 11 is 6.34. The van der Waals surface area contributed by atoms with Crippen LogP contribution in [-0.4, -0.2) is 24.2 Å². The van der Waals surface area contributed by atoms with Crippen LogP contribution in [-0.2, 0) is 12.2 Å². The first-order valence-corrected chi connectivity index (χ1v) is 12.1. The number of halogens is 3. The molecule has 1 unspecified atom stereocenters. The Kier molecular flexibility index (Phi) is 7.48. The molecular weight excluding hydrogens is 518 g/mol. The fourth-order valence-electron chi connectivity index (χ4n) is 3.93. The average Bonchev–Trinajstić information content (AvgIpc) is 2.87. The van der Waals surface area contributed by atoms with E-state index < -0.39 is 28.4 Å². The smallest absolute Gasteiger partial charge is 0.277 e. The Morgan fingerprint density at radius 3 is 2.53 bits per heavy atom. The zero-order chi connectivity index (χ0) is 27.8. The van der Waals surface area contributed by atoms with Crippen molar-refractivity contribution in [2.75, 3.05) is 0 Å². The summed E-state index contributed by atoms with van der Waals surface area (Å²) in [4.78, 5) is 34.5. The quantitative estimate of drug-likeness (QED) is 0.368. The van der Waals surface area contributed by atoms with E-state index >= 15 is 0 Å². The number of aromatic nitrogens is 4. The summed E-state index contributed by atoms with van der Waals surface area (Å²) in [5.41, 5.74) is -0.791. The van der Waals surface area contributed by atoms with Gasteiger partial charge < -0.3 is 9.84 Å². The lowest BCUT2D eigenvalue weighted by Gasteiger charge is -2.22. The first kappa shape index (κ1) is 27.2. The van der Waals surface area contributed by atoms with Gasteiger partial charge in [-0.15, -0.1) is 0 Å². The highest BCUT2D eigenvalue weighted by molar-refractivity contribution is 6.31. The van der Waals surface area contributed by atoms with Crippen LogP contribution in [0.3, 0.4) is 0 Å². The Hall–Kier alpha value is -3.89. The molecule has 1 atom stereocenters. The van der Waals surface area contributed by atoms with E-state index in [0.717, 1.165) is 6.20 Å². The van der Waals surface area contributed by atoms with Crippen molar-refractivity contribution in [3.63, 3.8) is 0 Å². The molecule has 0 aliphatic carbocycles. The maximum atomic E-state index is 13.9. The largest absolute Gasteiger partial charge is 0.485 e. The molecule has 11 heteroatoms. The zero-order valence-electron chi connectivity index (χ0n) is 21.1. The number of aliphatic hydroxyl groups is 1. The van der Waals surface area contributed by atoms with Gasteiger partial charge in [0.25, 0.3) is 11.1 Å². The second kappa shape index (κ2) is 10.5. The lowest BCUT2D eigenvalue weighted by Crippen LogP contribution is -2.33. The fourth-order valence-corrected chi connectivity index (χ4v) is 4.12. The van der Waals surface area contributed by atoms with E-state index in [0.29, 0.717) is 29.4 Å². The van der Waals surface area contributed by atoms with Crippen LogP contribution in [0.2, 0.25) is 5.02 Å². The van der Waals surface area contributed by atoms with Gasteiger partial charge in [0.2, 0.25) is 0 Å². The Balaban J connectivity index is 1.75. The summed E-state index contributed by atoms with van der Waals surface area (Å²) in [6.07, 6.45) is 4.25. The van der Waals surface area contributed by atoms with Gasteiger partial charge in [-0.05, 0) is 44.9 Å². The molecule has 4 aromatic heterocycles. The van der Waals surface area contributed by atoms with Crippen LogP contribution in [0.5, 0.6) is 5.75 Å². The topological polar surface area (TPSA) is 99.2 Å². The Labute approximate surface area is 221 Å². The van der Waals surface area contributed by atoms with Gasteiger partial charge in [0.15, 0.2) is 5.82 Å². The SMILES string of the molecule is CCC(C)(O)c1cccn(-c2cc(-n3c(C)cc(OCc4ncc(F)cc4F)c(Cl)c3=O)c(C)cn2)c1=O. The van der Waals surface area contributed by atoms with Crippen molar-refractivity contribution in [2.24, 2.45) is 0 Å². The van der Waals surface area contributed by atoms with Crippen molar-refractivity contribution in [3.05, 3.63) is 109 Å². The molecule has 198 valence electrons. The second-order valence-electron chi connectivity index (χ2n) is 9.03. The molecule has 0 spiro atoms. The summed E-state index contributed by atoms with van der Waals surface area (Å²) < 4.78 is 35.2. The summed E-state index contributed by atoms with van der Waals surface area (Å²) in [6, 6.07) is 6.98. The summed E-state index contributed by atoms with van der Waals surface area (Å²) in [5, 5.41) is 10.4. The highest BCUT2D eigenvalue weighted by Gasteiger charge is 2.25. The van der Waals surface area contributed by atoms with Gasteiger partial charge in [-0.2, -0.15) is 0 Å². The number of aryl methyl sites for hydroxylation is 2. The third-order valence-electron chi connectivity index (χ3n) is 6.31. The Morgan fingerprint density at radius 2 is 1.84 bits per heavy atom. The van der Waals surface area contributed by atoms with Crippen LogP contribution in [0.15, 0.2) is 58.5 Å². The van der Waals surface area contributed by atoms with Crippen molar-refractivity contribution in [3.8, 4) is 17.3 Å². The molecule has 38 heavy (non-hydrogen) atoms. The van der Waals surface area contributed by atoms with Crippen molar-refractivity contribution < 1.29 is 18.6 Å². The molecule has 0 saturated heterocycles. The number of rotatable bonds is 7. The molecule has 1 N–H and O–H groups in total. The number of hydrogen-bond donors (Lipinski definition) is 1. The maximum absolute atomic E-state index is 13.9. The molecule has 8 nitrogen and oxygen atoms in total. The third kappa shape index (κ3) is 5.09. The molecule has 4 rings (SSSR count). The van der Waals surface area contributed by atoms with Gasteiger partial charge in [-0.3, -0.25) is 23.7 Å². The number of ether oxygens (including phenoxy) is 1. The standard InChI is InChI=1S/C27H25ClF2N4O4/c1-5-27(4,37)18-7-6-8-33(25(18)35)23-11-21(15(2)12-32-23)34-16(3)9-22(24(28)26(34)36)38-14-20-19(30)10-17(29)13-31-20/h6-13,37H,5,14H2,1-4H3. The van der Waals surface area contributed by atoms with Gasteiger partial charge in [-0.25, -0.2) is 13.8 Å². The second-order valence-corrected chi connectivity index (χ2v) is 9.41. The Morgan fingerprint density at radius 1 is 1.11 bits per heavy atom. The monoisotopic (exact) mass is 542 g/mol. The van der Waals surface area contributed by atoms with Gasteiger partial charge in [0.05, 0.1) is 17.5 Å². The first-order valence-electron chi connectivity index (χ1n) is 11.7. The minimum absolute atomic E-state index is 0.00796. The van der Waals surface area contributed by atoms with Gasteiger partial charge >= 0.3 is 0 Å². The van der Waals surface area contributed by atoms with E-state index in [2.05, 4.69) is 9.97 Å². The number of pyridine rings is 4. The average molecular weight is 543 g/mol. The van der Waals surface area contributed by atoms with E-state index in [-0.39, 0.29) is 34.5 Å². The minimum Gasteiger partial charge on any atom is -0.485 e. The lowest BCUT2D eigenvalue weighted by molar-refractivity contribution is 0.0513. The normalized spacial score (nSPS) is 12.8. The predicted molar refractivity (Wildman–Crippen MR) is 138 cm³/mol. The molecule has 0 fully saturated rings.